The molecule has 3 aromatic carbocycles. The highest BCUT2D eigenvalue weighted by atomic mass is 16.2. The first-order chi connectivity index (χ1) is 13.1. The second-order valence-corrected chi connectivity index (χ2v) is 6.99. The molecule has 0 aliphatic heterocycles. The second kappa shape index (κ2) is 7.16. The van der Waals surface area contributed by atoms with Gasteiger partial charge in [0.2, 0.25) is 0 Å². The van der Waals surface area contributed by atoms with Crippen molar-refractivity contribution in [2.24, 2.45) is 5.73 Å². The maximum atomic E-state index is 12.1. The summed E-state index contributed by atoms with van der Waals surface area (Å²) in [6, 6.07) is 24.1. The SMILES string of the molecule is CC(CCN(C(N)=O)c1ccc2[nH]c3ccccc3c2c1)c1ccccc1. The van der Waals surface area contributed by atoms with Crippen molar-refractivity contribution in [3.8, 4) is 0 Å². The number of aromatic nitrogens is 1. The molecule has 1 aromatic heterocycles. The Balaban J connectivity index is 1.62. The number of fused-ring (bicyclic) bond motifs is 3. The molecule has 0 saturated heterocycles. The molecule has 0 aliphatic carbocycles. The van der Waals surface area contributed by atoms with Crippen LogP contribution in [0.25, 0.3) is 21.8 Å². The third-order valence-corrected chi connectivity index (χ3v) is 5.22. The van der Waals surface area contributed by atoms with E-state index in [0.29, 0.717) is 12.5 Å². The van der Waals surface area contributed by atoms with Gasteiger partial charge < -0.3 is 10.7 Å². The lowest BCUT2D eigenvalue weighted by molar-refractivity contribution is 0.253. The molecule has 4 rings (SSSR count). The van der Waals surface area contributed by atoms with Gasteiger partial charge in [-0.15, -0.1) is 0 Å². The number of carbonyl (C=O) groups excluding carboxylic acids is 1. The molecule has 0 spiro atoms. The fraction of sp³-hybridized carbons (Fsp3) is 0.174. The van der Waals surface area contributed by atoms with Gasteiger partial charge in [0.05, 0.1) is 0 Å². The average molecular weight is 357 g/mol. The van der Waals surface area contributed by atoms with Gasteiger partial charge in [-0.1, -0.05) is 55.5 Å². The summed E-state index contributed by atoms with van der Waals surface area (Å²) in [6.45, 7) is 2.76. The minimum Gasteiger partial charge on any atom is -0.355 e. The van der Waals surface area contributed by atoms with E-state index < -0.39 is 6.03 Å². The molecule has 0 radical (unpaired) electrons. The molecule has 1 atom stereocenters. The van der Waals surface area contributed by atoms with Crippen molar-refractivity contribution >= 4 is 33.5 Å². The van der Waals surface area contributed by atoms with E-state index in [0.717, 1.165) is 33.9 Å². The highest BCUT2D eigenvalue weighted by molar-refractivity contribution is 6.09. The highest BCUT2D eigenvalue weighted by Crippen LogP contribution is 2.30. The Bertz CT molecular complexity index is 1080. The summed E-state index contributed by atoms with van der Waals surface area (Å²) in [5, 5.41) is 2.25. The van der Waals surface area contributed by atoms with Crippen LogP contribution in [0.15, 0.2) is 72.8 Å². The number of benzene rings is 3. The second-order valence-electron chi connectivity index (χ2n) is 6.99. The van der Waals surface area contributed by atoms with Crippen LogP contribution in [0.1, 0.15) is 24.8 Å². The fourth-order valence-electron chi connectivity index (χ4n) is 3.64. The summed E-state index contributed by atoms with van der Waals surface area (Å²) in [6.07, 6.45) is 0.846. The molecule has 0 saturated carbocycles. The van der Waals surface area contributed by atoms with E-state index in [-0.39, 0.29) is 0 Å². The summed E-state index contributed by atoms with van der Waals surface area (Å²) < 4.78 is 0. The molecule has 3 N–H and O–H groups in total. The maximum Gasteiger partial charge on any atom is 0.319 e. The van der Waals surface area contributed by atoms with Crippen molar-refractivity contribution in [1.82, 2.24) is 4.98 Å². The maximum absolute atomic E-state index is 12.1. The molecule has 2 amide bonds. The smallest absolute Gasteiger partial charge is 0.319 e. The van der Waals surface area contributed by atoms with Crippen LogP contribution in [0, 0.1) is 0 Å². The Kier molecular flexibility index (Phi) is 4.55. The van der Waals surface area contributed by atoms with Gasteiger partial charge in [0.15, 0.2) is 0 Å². The Hall–Kier alpha value is -3.27. The minimum atomic E-state index is -0.422. The van der Waals surface area contributed by atoms with Gasteiger partial charge in [-0.3, -0.25) is 4.90 Å². The van der Waals surface area contributed by atoms with Crippen molar-refractivity contribution in [2.45, 2.75) is 19.3 Å². The number of rotatable bonds is 5. The van der Waals surface area contributed by atoms with Gasteiger partial charge in [-0.25, -0.2) is 4.79 Å². The summed E-state index contributed by atoms with van der Waals surface area (Å²) in [5.74, 6) is 0.352. The number of anilines is 1. The molecule has 4 nitrogen and oxygen atoms in total. The van der Waals surface area contributed by atoms with Crippen LogP contribution >= 0.6 is 0 Å². The average Bonchev–Trinajstić information content (AvgIpc) is 3.06. The van der Waals surface area contributed by atoms with Gasteiger partial charge in [-0.2, -0.15) is 0 Å². The number of nitrogens with two attached hydrogens (primary N) is 1. The lowest BCUT2D eigenvalue weighted by atomic mass is 9.97. The molecule has 4 heteroatoms. The summed E-state index contributed by atoms with van der Waals surface area (Å²) >= 11 is 0. The molecule has 4 aromatic rings. The number of amides is 2. The Labute approximate surface area is 158 Å². The van der Waals surface area contributed by atoms with Crippen LogP contribution < -0.4 is 10.6 Å². The molecule has 0 aliphatic rings. The minimum absolute atomic E-state index is 0.352. The number of primary amides is 1. The van der Waals surface area contributed by atoms with Crippen LogP contribution in [0.5, 0.6) is 0 Å². The molecule has 0 fully saturated rings. The van der Waals surface area contributed by atoms with E-state index in [1.165, 1.54) is 5.56 Å². The highest BCUT2D eigenvalue weighted by Gasteiger charge is 2.16. The van der Waals surface area contributed by atoms with Crippen LogP contribution in [0.3, 0.4) is 0 Å². The first-order valence-electron chi connectivity index (χ1n) is 9.26. The fourth-order valence-corrected chi connectivity index (χ4v) is 3.64. The molecule has 27 heavy (non-hydrogen) atoms. The number of H-pyrrole nitrogens is 1. The van der Waals surface area contributed by atoms with Crippen molar-refractivity contribution in [3.05, 3.63) is 78.4 Å². The Morgan fingerprint density at radius 3 is 2.44 bits per heavy atom. The summed E-state index contributed by atoms with van der Waals surface area (Å²) in [7, 11) is 0. The van der Waals surface area contributed by atoms with Gasteiger partial charge >= 0.3 is 6.03 Å². The topological polar surface area (TPSA) is 62.1 Å². The standard InChI is InChI=1S/C23H23N3O/c1-16(17-7-3-2-4-8-17)13-14-26(23(24)27)18-11-12-22-20(15-18)19-9-5-6-10-21(19)25-22/h2-12,15-16,25H,13-14H2,1H3,(H2,24,27). The predicted molar refractivity (Wildman–Crippen MR) is 112 cm³/mol. The van der Waals surface area contributed by atoms with E-state index in [1.54, 1.807) is 4.90 Å². The largest absolute Gasteiger partial charge is 0.355 e. The van der Waals surface area contributed by atoms with Crippen molar-refractivity contribution in [3.63, 3.8) is 0 Å². The van der Waals surface area contributed by atoms with Gasteiger partial charge in [-0.05, 0) is 42.2 Å². The molecule has 1 unspecified atom stereocenters. The number of para-hydroxylation sites is 1. The van der Waals surface area contributed by atoms with Crippen molar-refractivity contribution < 1.29 is 4.79 Å². The van der Waals surface area contributed by atoms with Crippen molar-refractivity contribution in [2.75, 3.05) is 11.4 Å². The van der Waals surface area contributed by atoms with Gasteiger partial charge in [0.25, 0.3) is 0 Å². The van der Waals surface area contributed by atoms with E-state index in [1.807, 2.05) is 48.5 Å². The van der Waals surface area contributed by atoms with Gasteiger partial charge in [0.1, 0.15) is 0 Å². The normalized spacial score (nSPS) is 12.3. The van der Waals surface area contributed by atoms with Crippen molar-refractivity contribution in [1.29, 1.82) is 0 Å². The number of aromatic amines is 1. The molecule has 1 heterocycles. The molecular formula is C23H23N3O. The van der Waals surface area contributed by atoms with Crippen LogP contribution in [0.2, 0.25) is 0 Å². The first-order valence-corrected chi connectivity index (χ1v) is 9.26. The van der Waals surface area contributed by atoms with Gasteiger partial charge in [0, 0.05) is 34.0 Å². The van der Waals surface area contributed by atoms with Crippen LogP contribution in [0.4, 0.5) is 10.5 Å². The number of hydrogen-bond donors (Lipinski definition) is 2. The monoisotopic (exact) mass is 357 g/mol. The lowest BCUT2D eigenvalue weighted by Crippen LogP contribution is -2.37. The lowest BCUT2D eigenvalue weighted by Gasteiger charge is -2.23. The number of nitrogens with zero attached hydrogens (tertiary/aromatic N) is 1. The zero-order chi connectivity index (χ0) is 18.8. The summed E-state index contributed by atoms with van der Waals surface area (Å²) in [5.41, 5.74) is 9.96. The molecule has 0 bridgehead atoms. The zero-order valence-electron chi connectivity index (χ0n) is 15.4. The quantitative estimate of drug-likeness (QED) is 0.493. The predicted octanol–water partition coefficient (Wildman–Crippen LogP) is 5.40. The number of urea groups is 1. The van der Waals surface area contributed by atoms with Crippen LogP contribution in [-0.4, -0.2) is 17.6 Å². The number of nitrogens with one attached hydrogen (secondary N) is 1. The van der Waals surface area contributed by atoms with E-state index in [4.69, 9.17) is 5.73 Å². The van der Waals surface area contributed by atoms with E-state index >= 15 is 0 Å². The van der Waals surface area contributed by atoms with Crippen LogP contribution in [-0.2, 0) is 0 Å². The zero-order valence-corrected chi connectivity index (χ0v) is 15.4. The number of hydrogen-bond acceptors (Lipinski definition) is 1. The van der Waals surface area contributed by atoms with E-state index in [2.05, 4.69) is 36.2 Å². The Morgan fingerprint density at radius 1 is 0.963 bits per heavy atom. The van der Waals surface area contributed by atoms with E-state index in [9.17, 15) is 4.79 Å². The third kappa shape index (κ3) is 3.38. The number of carbonyl (C=O) groups is 1. The third-order valence-electron chi connectivity index (χ3n) is 5.22. The summed E-state index contributed by atoms with van der Waals surface area (Å²) in [4.78, 5) is 17.2. The molecular weight excluding hydrogens is 334 g/mol. The first kappa shape index (κ1) is 17.2. The Morgan fingerprint density at radius 2 is 1.67 bits per heavy atom. The molecule has 136 valence electrons.